The molecule has 1 saturated carbocycles. The molecule has 2 N–H and O–H groups in total. The first-order valence-electron chi connectivity index (χ1n) is 5.01. The zero-order valence-corrected chi connectivity index (χ0v) is 8.84. The van der Waals surface area contributed by atoms with Gasteiger partial charge >= 0.3 is 0 Å². The average molecular weight is 227 g/mol. The molecule has 2 aliphatic rings. The van der Waals surface area contributed by atoms with E-state index in [1.807, 2.05) is 0 Å². The number of nitrogens with one attached hydrogen (secondary N) is 2. The average Bonchev–Trinajstić information content (AvgIpc) is 2.92. The Morgan fingerprint density at radius 3 is 3.07 bits per heavy atom. The number of fused-ring (bicyclic) bond motifs is 1. The first-order valence-corrected chi connectivity index (χ1v) is 5.39. The fourth-order valence-corrected chi connectivity index (χ4v) is 1.68. The highest BCUT2D eigenvalue weighted by atomic mass is 35.5. The molecule has 1 aliphatic carbocycles. The molecule has 0 saturated heterocycles. The van der Waals surface area contributed by atoms with Crippen LogP contribution in [0.15, 0.2) is 0 Å². The fourth-order valence-electron chi connectivity index (χ4n) is 1.52. The predicted octanol–water partition coefficient (Wildman–Crippen LogP) is 1.35. The van der Waals surface area contributed by atoms with Crippen LogP contribution in [0.5, 0.6) is 5.88 Å². The molecule has 5 nitrogen and oxygen atoms in total. The summed E-state index contributed by atoms with van der Waals surface area (Å²) in [6.45, 7) is 1.41. The summed E-state index contributed by atoms with van der Waals surface area (Å²) in [6, 6.07) is 0. The number of halogens is 1. The predicted molar refractivity (Wildman–Crippen MR) is 55.7 cm³/mol. The lowest BCUT2D eigenvalue weighted by molar-refractivity contribution is 0.285. The highest BCUT2D eigenvalue weighted by molar-refractivity contribution is 6.28. The highest BCUT2D eigenvalue weighted by Gasteiger charge is 2.25. The van der Waals surface area contributed by atoms with Crippen molar-refractivity contribution >= 4 is 17.4 Å². The molecule has 1 aromatic heterocycles. The van der Waals surface area contributed by atoms with Crippen LogP contribution in [0, 0.1) is 5.92 Å². The number of ether oxygens (including phenoxy) is 1. The van der Waals surface area contributed by atoms with Gasteiger partial charge in [-0.25, -0.2) is 5.43 Å². The highest BCUT2D eigenvalue weighted by Crippen LogP contribution is 2.32. The van der Waals surface area contributed by atoms with Crippen LogP contribution in [-0.2, 0) is 6.54 Å². The first-order chi connectivity index (χ1) is 7.33. The minimum Gasteiger partial charge on any atom is -0.477 e. The minimum absolute atomic E-state index is 0.218. The topological polar surface area (TPSA) is 59.1 Å². The minimum atomic E-state index is 0.218. The lowest BCUT2D eigenvalue weighted by Gasteiger charge is -2.07. The van der Waals surface area contributed by atoms with Crippen molar-refractivity contribution in [3.63, 3.8) is 0 Å². The van der Waals surface area contributed by atoms with Crippen molar-refractivity contribution in [2.45, 2.75) is 19.4 Å². The van der Waals surface area contributed by atoms with E-state index in [1.165, 1.54) is 12.8 Å². The van der Waals surface area contributed by atoms with Gasteiger partial charge in [-0.1, -0.05) is 0 Å². The number of rotatable bonds is 3. The second kappa shape index (κ2) is 3.50. The summed E-state index contributed by atoms with van der Waals surface area (Å²) in [6.07, 6.45) is 2.52. The number of hydrogen-bond acceptors (Lipinski definition) is 5. The van der Waals surface area contributed by atoms with Crippen molar-refractivity contribution < 1.29 is 4.74 Å². The van der Waals surface area contributed by atoms with E-state index in [0.717, 1.165) is 18.0 Å². The van der Waals surface area contributed by atoms with Gasteiger partial charge in [0.2, 0.25) is 11.2 Å². The molecular weight excluding hydrogens is 216 g/mol. The van der Waals surface area contributed by atoms with Crippen molar-refractivity contribution in [1.29, 1.82) is 0 Å². The van der Waals surface area contributed by atoms with E-state index >= 15 is 0 Å². The molecule has 3 rings (SSSR count). The standard InChI is InChI=1S/C9H11ClN4O/c10-9-12-7-6(3-11-14-7)8(13-9)15-4-5-1-2-5/h5,11H,1-4H2,(H,12,13,14). The number of aromatic nitrogens is 2. The lowest BCUT2D eigenvalue weighted by atomic mass is 10.3. The van der Waals surface area contributed by atoms with Crippen molar-refractivity contribution in [2.24, 2.45) is 5.92 Å². The largest absolute Gasteiger partial charge is 0.477 e. The van der Waals surface area contributed by atoms with E-state index in [4.69, 9.17) is 16.3 Å². The maximum absolute atomic E-state index is 5.79. The van der Waals surface area contributed by atoms with Crippen LogP contribution >= 0.6 is 11.6 Å². The smallest absolute Gasteiger partial charge is 0.227 e. The summed E-state index contributed by atoms with van der Waals surface area (Å²) in [5, 5.41) is 0.218. The maximum Gasteiger partial charge on any atom is 0.227 e. The molecular formula is C9H11ClN4O. The SMILES string of the molecule is Clc1nc2c(c(OCC3CC3)n1)CNN2. The van der Waals surface area contributed by atoms with Gasteiger partial charge in [-0.2, -0.15) is 9.97 Å². The normalized spacial score (nSPS) is 18.5. The monoisotopic (exact) mass is 226 g/mol. The Morgan fingerprint density at radius 2 is 2.27 bits per heavy atom. The Labute approximate surface area is 92.2 Å². The van der Waals surface area contributed by atoms with Crippen LogP contribution in [0.1, 0.15) is 18.4 Å². The maximum atomic E-state index is 5.79. The Kier molecular flexibility index (Phi) is 2.14. The molecule has 1 aromatic rings. The fraction of sp³-hybridized carbons (Fsp3) is 0.556. The first kappa shape index (κ1) is 9.18. The van der Waals surface area contributed by atoms with Crippen molar-refractivity contribution in [3.05, 3.63) is 10.8 Å². The molecule has 80 valence electrons. The van der Waals surface area contributed by atoms with Crippen molar-refractivity contribution in [3.8, 4) is 5.88 Å². The second-order valence-corrected chi connectivity index (χ2v) is 4.20. The molecule has 2 heterocycles. The summed E-state index contributed by atoms with van der Waals surface area (Å²) in [5.74, 6) is 2.03. The Bertz CT molecular complexity index is 394. The molecule has 0 atom stereocenters. The van der Waals surface area contributed by atoms with Gasteiger partial charge in [-0.15, -0.1) is 0 Å². The van der Waals surface area contributed by atoms with Crippen LogP contribution in [-0.4, -0.2) is 16.6 Å². The third-order valence-corrected chi connectivity index (χ3v) is 2.74. The van der Waals surface area contributed by atoms with E-state index in [9.17, 15) is 0 Å². The zero-order chi connectivity index (χ0) is 10.3. The van der Waals surface area contributed by atoms with Gasteiger partial charge in [0.25, 0.3) is 0 Å². The molecule has 0 spiro atoms. The van der Waals surface area contributed by atoms with Crippen LogP contribution in [0.2, 0.25) is 5.28 Å². The van der Waals surface area contributed by atoms with E-state index in [1.54, 1.807) is 0 Å². The van der Waals surface area contributed by atoms with Crippen molar-refractivity contribution in [2.75, 3.05) is 12.0 Å². The second-order valence-electron chi connectivity index (χ2n) is 3.86. The van der Waals surface area contributed by atoms with Crippen LogP contribution in [0.4, 0.5) is 5.82 Å². The zero-order valence-electron chi connectivity index (χ0n) is 8.09. The number of anilines is 1. The molecule has 1 aliphatic heterocycles. The van der Waals surface area contributed by atoms with Gasteiger partial charge in [-0.05, 0) is 30.4 Å². The third kappa shape index (κ3) is 1.85. The number of hydrogen-bond donors (Lipinski definition) is 2. The quantitative estimate of drug-likeness (QED) is 0.762. The Balaban J connectivity index is 1.84. The summed E-state index contributed by atoms with van der Waals surface area (Å²) in [5.41, 5.74) is 6.84. The van der Waals surface area contributed by atoms with Gasteiger partial charge < -0.3 is 10.2 Å². The molecule has 1 fully saturated rings. The molecule has 6 heteroatoms. The molecule has 0 aromatic carbocycles. The Hall–Kier alpha value is -1.07. The van der Waals surface area contributed by atoms with Gasteiger partial charge in [0.1, 0.15) is 0 Å². The lowest BCUT2D eigenvalue weighted by Crippen LogP contribution is -2.11. The molecule has 0 amide bonds. The number of nitrogens with zero attached hydrogens (tertiary/aromatic N) is 2. The van der Waals surface area contributed by atoms with Crippen LogP contribution in [0.25, 0.3) is 0 Å². The van der Waals surface area contributed by atoms with Gasteiger partial charge in [0.05, 0.1) is 12.2 Å². The summed E-state index contributed by atoms with van der Waals surface area (Å²) in [4.78, 5) is 8.15. The molecule has 0 unspecified atom stereocenters. The van der Waals surface area contributed by atoms with E-state index in [2.05, 4.69) is 20.8 Å². The third-order valence-electron chi connectivity index (χ3n) is 2.57. The Morgan fingerprint density at radius 1 is 1.40 bits per heavy atom. The summed E-state index contributed by atoms with van der Waals surface area (Å²) in [7, 11) is 0. The molecule has 0 radical (unpaired) electrons. The van der Waals surface area contributed by atoms with Gasteiger partial charge in [0.15, 0.2) is 5.82 Å². The van der Waals surface area contributed by atoms with E-state index < -0.39 is 0 Å². The van der Waals surface area contributed by atoms with Crippen LogP contribution in [0.3, 0.4) is 0 Å². The van der Waals surface area contributed by atoms with Crippen LogP contribution < -0.4 is 15.6 Å². The molecule has 0 bridgehead atoms. The van der Waals surface area contributed by atoms with Gasteiger partial charge in [0, 0.05) is 6.54 Å². The summed E-state index contributed by atoms with van der Waals surface area (Å²) >= 11 is 5.79. The van der Waals surface area contributed by atoms with Crippen molar-refractivity contribution in [1.82, 2.24) is 15.4 Å². The van der Waals surface area contributed by atoms with E-state index in [0.29, 0.717) is 18.3 Å². The van der Waals surface area contributed by atoms with E-state index in [-0.39, 0.29) is 5.28 Å². The summed E-state index contributed by atoms with van der Waals surface area (Å²) < 4.78 is 5.64. The number of hydrazine groups is 1. The molecule has 15 heavy (non-hydrogen) atoms. The van der Waals surface area contributed by atoms with Gasteiger partial charge in [-0.3, -0.25) is 0 Å².